The zero-order chi connectivity index (χ0) is 20.5. The molecule has 2 aromatic rings. The molecule has 0 saturated carbocycles. The maximum Gasteiger partial charge on any atom is 0.306 e. The first-order valence-electron chi connectivity index (χ1n) is 9.29. The summed E-state index contributed by atoms with van der Waals surface area (Å²) in [7, 11) is 0. The van der Waals surface area contributed by atoms with E-state index in [0.717, 1.165) is 11.1 Å². The number of amides is 2. The second-order valence-corrected chi connectivity index (χ2v) is 6.63. The largest absolute Gasteiger partial charge is 0.466 e. The lowest BCUT2D eigenvalue weighted by atomic mass is 9.89. The summed E-state index contributed by atoms with van der Waals surface area (Å²) in [6.45, 7) is 3.65. The van der Waals surface area contributed by atoms with Crippen molar-refractivity contribution in [1.29, 1.82) is 0 Å². The predicted octanol–water partition coefficient (Wildman–Crippen LogP) is 2.38. The van der Waals surface area contributed by atoms with Crippen LogP contribution in [-0.2, 0) is 19.1 Å². The molecular formula is C22H26N2O4. The minimum absolute atomic E-state index is 0.0108. The molecule has 3 N–H and O–H groups in total. The monoisotopic (exact) mass is 382 g/mol. The van der Waals surface area contributed by atoms with Gasteiger partial charge in [0.15, 0.2) is 0 Å². The molecule has 6 nitrogen and oxygen atoms in total. The molecule has 2 amide bonds. The summed E-state index contributed by atoms with van der Waals surface area (Å²) in [4.78, 5) is 36.9. The predicted molar refractivity (Wildman–Crippen MR) is 106 cm³/mol. The van der Waals surface area contributed by atoms with Gasteiger partial charge in [0.1, 0.15) is 6.04 Å². The molecule has 2 atom stereocenters. The van der Waals surface area contributed by atoms with Crippen LogP contribution in [0.5, 0.6) is 0 Å². The van der Waals surface area contributed by atoms with E-state index in [-0.39, 0.29) is 18.9 Å². The van der Waals surface area contributed by atoms with Crippen LogP contribution in [0.3, 0.4) is 0 Å². The summed E-state index contributed by atoms with van der Waals surface area (Å²) in [6.07, 6.45) is -0.0108. The van der Waals surface area contributed by atoms with Crippen LogP contribution >= 0.6 is 0 Å². The van der Waals surface area contributed by atoms with E-state index in [4.69, 9.17) is 10.5 Å². The van der Waals surface area contributed by atoms with Crippen molar-refractivity contribution in [2.45, 2.75) is 32.2 Å². The van der Waals surface area contributed by atoms with Crippen LogP contribution in [0, 0.1) is 5.92 Å². The van der Waals surface area contributed by atoms with Crippen LogP contribution in [0.4, 0.5) is 0 Å². The number of esters is 1. The molecule has 0 heterocycles. The van der Waals surface area contributed by atoms with E-state index in [2.05, 4.69) is 5.32 Å². The van der Waals surface area contributed by atoms with Gasteiger partial charge in [0, 0.05) is 0 Å². The standard InChI is InChI=1S/C22H26N2O4/c1-3-28-18(25)14-15(2)20(21(23)26)24-22(27)19(16-10-6-4-7-11-16)17-12-8-5-9-13-17/h4-13,15,19-20H,3,14H2,1-2H3,(H2,23,26)(H,24,27)/t15-,20+/m1/s1. The fraction of sp³-hybridized carbons (Fsp3) is 0.318. The Labute approximate surface area is 165 Å². The molecule has 2 rings (SSSR count). The van der Waals surface area contributed by atoms with E-state index < -0.39 is 29.8 Å². The van der Waals surface area contributed by atoms with Crippen LogP contribution in [0.2, 0.25) is 0 Å². The van der Waals surface area contributed by atoms with Gasteiger partial charge in [0.25, 0.3) is 0 Å². The van der Waals surface area contributed by atoms with E-state index in [1.54, 1.807) is 13.8 Å². The molecule has 0 aromatic heterocycles. The van der Waals surface area contributed by atoms with E-state index in [1.807, 2.05) is 60.7 Å². The van der Waals surface area contributed by atoms with Crippen molar-refractivity contribution in [2.24, 2.45) is 11.7 Å². The number of carbonyl (C=O) groups is 3. The third-order valence-corrected chi connectivity index (χ3v) is 4.50. The molecule has 0 spiro atoms. The van der Waals surface area contributed by atoms with Crippen molar-refractivity contribution < 1.29 is 19.1 Å². The Kier molecular flexibility index (Phi) is 7.75. The molecule has 2 aromatic carbocycles. The fourth-order valence-electron chi connectivity index (χ4n) is 3.12. The normalized spacial score (nSPS) is 12.8. The average Bonchev–Trinajstić information content (AvgIpc) is 2.68. The van der Waals surface area contributed by atoms with Gasteiger partial charge in [-0.25, -0.2) is 0 Å². The Morgan fingerprint density at radius 2 is 1.46 bits per heavy atom. The highest BCUT2D eigenvalue weighted by molar-refractivity contribution is 5.92. The van der Waals surface area contributed by atoms with Crippen molar-refractivity contribution in [3.05, 3.63) is 71.8 Å². The number of hydrogen-bond donors (Lipinski definition) is 2. The highest BCUT2D eigenvalue weighted by Crippen LogP contribution is 2.25. The van der Waals surface area contributed by atoms with Gasteiger partial charge >= 0.3 is 5.97 Å². The highest BCUT2D eigenvalue weighted by atomic mass is 16.5. The SMILES string of the molecule is CCOC(=O)C[C@@H](C)[C@H](NC(=O)C(c1ccccc1)c1ccccc1)C(N)=O. The van der Waals surface area contributed by atoms with Gasteiger partial charge in [-0.3, -0.25) is 14.4 Å². The van der Waals surface area contributed by atoms with Gasteiger partial charge in [-0.15, -0.1) is 0 Å². The zero-order valence-electron chi connectivity index (χ0n) is 16.1. The first kappa shape index (κ1) is 21.2. The number of hydrogen-bond acceptors (Lipinski definition) is 4. The van der Waals surface area contributed by atoms with Crippen molar-refractivity contribution >= 4 is 17.8 Å². The second-order valence-electron chi connectivity index (χ2n) is 6.63. The number of rotatable bonds is 9. The first-order chi connectivity index (χ1) is 13.4. The van der Waals surface area contributed by atoms with Crippen LogP contribution in [0.1, 0.15) is 37.3 Å². The Morgan fingerprint density at radius 1 is 0.964 bits per heavy atom. The minimum Gasteiger partial charge on any atom is -0.466 e. The van der Waals surface area contributed by atoms with Crippen LogP contribution < -0.4 is 11.1 Å². The molecule has 0 bridgehead atoms. The number of benzene rings is 2. The summed E-state index contributed by atoms with van der Waals surface area (Å²) in [5, 5.41) is 2.74. The van der Waals surface area contributed by atoms with E-state index >= 15 is 0 Å². The fourth-order valence-corrected chi connectivity index (χ4v) is 3.12. The van der Waals surface area contributed by atoms with E-state index in [0.29, 0.717) is 0 Å². The maximum absolute atomic E-state index is 13.1. The summed E-state index contributed by atoms with van der Waals surface area (Å²) in [6, 6.07) is 17.6. The molecule has 0 saturated heterocycles. The lowest BCUT2D eigenvalue weighted by Crippen LogP contribution is -2.50. The topological polar surface area (TPSA) is 98.5 Å². The summed E-state index contributed by atoms with van der Waals surface area (Å²) in [5.74, 6) is -2.56. The molecule has 0 aliphatic heterocycles. The van der Waals surface area contributed by atoms with Crippen molar-refractivity contribution in [1.82, 2.24) is 5.32 Å². The Hall–Kier alpha value is -3.15. The lowest BCUT2D eigenvalue weighted by molar-refractivity contribution is -0.144. The van der Waals surface area contributed by atoms with Crippen LogP contribution in [-0.4, -0.2) is 30.4 Å². The average molecular weight is 382 g/mol. The van der Waals surface area contributed by atoms with Gasteiger partial charge in [0.05, 0.1) is 18.9 Å². The first-order valence-corrected chi connectivity index (χ1v) is 9.29. The van der Waals surface area contributed by atoms with Crippen LogP contribution in [0.15, 0.2) is 60.7 Å². The van der Waals surface area contributed by atoms with Gasteiger partial charge in [-0.05, 0) is 24.0 Å². The molecule has 0 aliphatic rings. The number of primary amides is 1. The third kappa shape index (κ3) is 5.67. The van der Waals surface area contributed by atoms with Gasteiger partial charge in [-0.1, -0.05) is 67.6 Å². The van der Waals surface area contributed by atoms with Crippen molar-refractivity contribution in [3.63, 3.8) is 0 Å². The molecule has 0 aliphatic carbocycles. The number of nitrogens with one attached hydrogen (secondary N) is 1. The highest BCUT2D eigenvalue weighted by Gasteiger charge is 2.31. The zero-order valence-corrected chi connectivity index (χ0v) is 16.1. The van der Waals surface area contributed by atoms with Crippen LogP contribution in [0.25, 0.3) is 0 Å². The number of ether oxygens (including phenoxy) is 1. The van der Waals surface area contributed by atoms with Gasteiger partial charge in [0.2, 0.25) is 11.8 Å². The number of carbonyl (C=O) groups excluding carboxylic acids is 3. The number of nitrogens with two attached hydrogens (primary N) is 1. The van der Waals surface area contributed by atoms with E-state index in [9.17, 15) is 14.4 Å². The smallest absolute Gasteiger partial charge is 0.306 e. The maximum atomic E-state index is 13.1. The molecule has 6 heteroatoms. The molecular weight excluding hydrogens is 356 g/mol. The lowest BCUT2D eigenvalue weighted by Gasteiger charge is -2.25. The molecule has 0 radical (unpaired) electrons. The Balaban J connectivity index is 2.25. The van der Waals surface area contributed by atoms with Crippen molar-refractivity contribution in [2.75, 3.05) is 6.61 Å². The summed E-state index contributed by atoms with van der Waals surface area (Å²) < 4.78 is 4.93. The quantitative estimate of drug-likeness (QED) is 0.651. The van der Waals surface area contributed by atoms with E-state index in [1.165, 1.54) is 0 Å². The van der Waals surface area contributed by atoms with Gasteiger partial charge in [-0.2, -0.15) is 0 Å². The Morgan fingerprint density at radius 3 is 1.89 bits per heavy atom. The van der Waals surface area contributed by atoms with Gasteiger partial charge < -0.3 is 15.8 Å². The minimum atomic E-state index is -0.980. The summed E-state index contributed by atoms with van der Waals surface area (Å²) in [5.41, 5.74) is 7.10. The second kappa shape index (κ2) is 10.3. The molecule has 0 fully saturated rings. The Bertz CT molecular complexity index is 753. The summed E-state index contributed by atoms with van der Waals surface area (Å²) >= 11 is 0. The molecule has 148 valence electrons. The van der Waals surface area contributed by atoms with Crippen molar-refractivity contribution in [3.8, 4) is 0 Å². The molecule has 28 heavy (non-hydrogen) atoms. The molecule has 0 unspecified atom stereocenters. The third-order valence-electron chi connectivity index (χ3n) is 4.50.